The number of ether oxygens (including phenoxy) is 9. The Balaban J connectivity index is 1.04. The SMILES string of the molecule is CC(C)(C)OC(=O)CCCCN(C(=O)CS(=O)CCNC(=O)CCOCCOCCOCCOCCOCCOCCOCCOCCCC(=O)CCN1C(=O)C=CC1=O)[C@@H](c1nc(-c2cc(F)ccc2F)cn1Cc1ccccc1)C(C)(C)C. The maximum absolute atomic E-state index is 15.3. The Hall–Kier alpha value is -5.70. The van der Waals surface area contributed by atoms with Crippen LogP contribution in [0.15, 0.2) is 66.9 Å². The molecule has 0 aliphatic carbocycles. The van der Waals surface area contributed by atoms with Gasteiger partial charge in [-0.3, -0.25) is 37.9 Å². The molecule has 0 saturated carbocycles. The minimum atomic E-state index is -1.69. The van der Waals surface area contributed by atoms with Crippen LogP contribution in [0.25, 0.3) is 11.3 Å². The predicted octanol–water partition coefficient (Wildman–Crippen LogP) is 6.36. The van der Waals surface area contributed by atoms with Crippen molar-refractivity contribution in [2.75, 3.05) is 137 Å². The van der Waals surface area contributed by atoms with Gasteiger partial charge in [0.15, 0.2) is 0 Å². The van der Waals surface area contributed by atoms with Crippen LogP contribution < -0.4 is 5.32 Å². The number of nitrogens with one attached hydrogen (secondary N) is 1. The van der Waals surface area contributed by atoms with E-state index in [1.165, 1.54) is 12.2 Å². The van der Waals surface area contributed by atoms with Gasteiger partial charge in [0.1, 0.15) is 34.6 Å². The van der Waals surface area contributed by atoms with E-state index < -0.39 is 45.4 Å². The van der Waals surface area contributed by atoms with Gasteiger partial charge < -0.3 is 57.4 Å². The van der Waals surface area contributed by atoms with Gasteiger partial charge in [0.2, 0.25) is 11.8 Å². The number of ketones is 1. The number of nitrogens with zero attached hydrogens (tertiary/aromatic N) is 4. The van der Waals surface area contributed by atoms with Crippen LogP contribution in [-0.4, -0.2) is 201 Å². The maximum Gasteiger partial charge on any atom is 0.306 e. The van der Waals surface area contributed by atoms with E-state index in [1.807, 2.05) is 55.7 Å². The highest BCUT2D eigenvalue weighted by Gasteiger charge is 2.39. The van der Waals surface area contributed by atoms with Crippen molar-refractivity contribution in [2.45, 2.75) is 105 Å². The second-order valence-corrected chi connectivity index (χ2v) is 23.5. The number of amides is 4. The fourth-order valence-corrected chi connectivity index (χ4v) is 9.51. The molecule has 4 amide bonds. The molecule has 2 atom stereocenters. The van der Waals surface area contributed by atoms with Gasteiger partial charge in [-0.2, -0.15) is 0 Å². The van der Waals surface area contributed by atoms with Crippen LogP contribution in [0.5, 0.6) is 0 Å². The first kappa shape index (κ1) is 71.8. The van der Waals surface area contributed by atoms with Gasteiger partial charge in [0.05, 0.1) is 111 Å². The molecular weight excluding hydrogens is 1130 g/mol. The molecule has 0 bridgehead atoms. The summed E-state index contributed by atoms with van der Waals surface area (Å²) >= 11 is 0. The molecule has 2 aromatic carbocycles. The molecular formula is C61H89F2N5O16S. The Morgan fingerprint density at radius 2 is 1.20 bits per heavy atom. The maximum atomic E-state index is 15.3. The third-order valence-electron chi connectivity index (χ3n) is 12.6. The number of hydrogen-bond donors (Lipinski definition) is 1. The number of carbonyl (C=O) groups is 6. The van der Waals surface area contributed by atoms with Crippen molar-refractivity contribution in [3.8, 4) is 11.3 Å². The summed E-state index contributed by atoms with van der Waals surface area (Å²) in [5.74, 6) is -3.13. The minimum absolute atomic E-state index is 0.0103. The zero-order valence-corrected chi connectivity index (χ0v) is 51.2. The number of benzene rings is 2. The van der Waals surface area contributed by atoms with Gasteiger partial charge >= 0.3 is 5.97 Å². The summed E-state index contributed by atoms with van der Waals surface area (Å²) in [7, 11) is -1.69. The lowest BCUT2D eigenvalue weighted by Gasteiger charge is -2.40. The average Bonchev–Trinajstić information content (AvgIpc) is 4.01. The van der Waals surface area contributed by atoms with Crippen LogP contribution in [0.1, 0.15) is 104 Å². The van der Waals surface area contributed by atoms with E-state index in [0.717, 1.165) is 28.7 Å². The number of imide groups is 1. The molecule has 1 aromatic heterocycles. The van der Waals surface area contributed by atoms with Crippen LogP contribution in [0, 0.1) is 17.0 Å². The minimum Gasteiger partial charge on any atom is -0.460 e. The third kappa shape index (κ3) is 30.0. The number of carbonyl (C=O) groups excluding carboxylic acids is 6. The number of hydrogen-bond acceptors (Lipinski definition) is 17. The summed E-state index contributed by atoms with van der Waals surface area (Å²) in [6, 6.07) is 11.9. The predicted molar refractivity (Wildman–Crippen MR) is 314 cm³/mol. The smallest absolute Gasteiger partial charge is 0.306 e. The van der Waals surface area contributed by atoms with Crippen LogP contribution in [0.2, 0.25) is 0 Å². The van der Waals surface area contributed by atoms with Crippen molar-refractivity contribution in [2.24, 2.45) is 5.41 Å². The van der Waals surface area contributed by atoms with E-state index in [1.54, 1.807) is 31.9 Å². The van der Waals surface area contributed by atoms with E-state index in [9.17, 15) is 37.4 Å². The number of aromatic nitrogens is 2. The van der Waals surface area contributed by atoms with E-state index in [-0.39, 0.29) is 104 Å². The van der Waals surface area contributed by atoms with Crippen LogP contribution >= 0.6 is 0 Å². The fraction of sp³-hybridized carbons (Fsp3) is 0.623. The lowest BCUT2D eigenvalue weighted by Crippen LogP contribution is -2.45. The Kier molecular flexibility index (Phi) is 33.7. The highest BCUT2D eigenvalue weighted by Crippen LogP contribution is 2.40. The van der Waals surface area contributed by atoms with Crippen LogP contribution in [0.4, 0.5) is 8.78 Å². The molecule has 0 saturated heterocycles. The summed E-state index contributed by atoms with van der Waals surface area (Å²) in [5, 5.41) is 2.75. The van der Waals surface area contributed by atoms with Gasteiger partial charge in [-0.1, -0.05) is 51.1 Å². The van der Waals surface area contributed by atoms with E-state index >= 15 is 4.39 Å². The largest absolute Gasteiger partial charge is 0.460 e. The second kappa shape index (κ2) is 39.9. The van der Waals surface area contributed by atoms with Crippen molar-refractivity contribution in [1.29, 1.82) is 0 Å². The summed E-state index contributed by atoms with van der Waals surface area (Å²) in [5.41, 5.74) is -0.297. The van der Waals surface area contributed by atoms with Crippen molar-refractivity contribution < 1.29 is 84.4 Å². The first-order chi connectivity index (χ1) is 40.7. The summed E-state index contributed by atoms with van der Waals surface area (Å²) in [6.07, 6.45) is 6.06. The van der Waals surface area contributed by atoms with Crippen molar-refractivity contribution in [3.63, 3.8) is 0 Å². The average molecular weight is 1220 g/mol. The van der Waals surface area contributed by atoms with E-state index in [0.29, 0.717) is 131 Å². The normalized spacial score (nSPS) is 13.4. The molecule has 0 radical (unpaired) electrons. The Morgan fingerprint density at radius 1 is 0.659 bits per heavy atom. The van der Waals surface area contributed by atoms with E-state index in [2.05, 4.69) is 5.32 Å². The van der Waals surface area contributed by atoms with E-state index in [4.69, 9.17) is 47.6 Å². The molecule has 85 heavy (non-hydrogen) atoms. The third-order valence-corrected chi connectivity index (χ3v) is 13.9. The number of halogens is 2. The van der Waals surface area contributed by atoms with Crippen molar-refractivity contribution in [1.82, 2.24) is 24.7 Å². The Morgan fingerprint density at radius 3 is 1.74 bits per heavy atom. The summed E-state index contributed by atoms with van der Waals surface area (Å²) < 4.78 is 94.8. The number of Topliss-reactive ketones (excluding diaryl/α,β-unsaturated/α-hetero) is 1. The van der Waals surface area contributed by atoms with Gasteiger partial charge in [-0.05, 0) is 69.2 Å². The van der Waals surface area contributed by atoms with Gasteiger partial charge in [0, 0.05) is 98.9 Å². The molecule has 1 aliphatic rings. The zero-order valence-electron chi connectivity index (χ0n) is 50.4. The molecule has 1 N–H and O–H groups in total. The zero-order chi connectivity index (χ0) is 61.9. The summed E-state index contributed by atoms with van der Waals surface area (Å²) in [4.78, 5) is 82.4. The lowest BCUT2D eigenvalue weighted by atomic mass is 9.84. The first-order valence-corrected chi connectivity index (χ1v) is 30.6. The second-order valence-electron chi connectivity index (χ2n) is 22.0. The van der Waals surface area contributed by atoms with Gasteiger partial charge in [-0.25, -0.2) is 13.8 Å². The number of imidazole rings is 1. The standard InChI is InChI=1S/C61H89F2N5O16S/c1-60(2,3)58(59-65-52(50-43-48(62)17-18-51(50)63)45-66(59)44-47-13-8-7-9-14-47)68(24-11-10-16-57(74)84-61(4,5)6)56(73)46-85(75)42-23-64-53(70)22-27-77-29-31-79-33-35-81-37-39-83-41-40-82-38-36-80-34-32-78-30-28-76-26-12-15-49(69)21-25-67-54(71)19-20-55(67)72/h7-9,13-14,17-20,43,45,58H,10-12,15-16,21-42,44,46H2,1-6H3,(H,64,70)/t58-,85?/m0/s1. The number of unbranched alkanes of at least 4 members (excludes halogenated alkanes) is 1. The number of esters is 1. The van der Waals surface area contributed by atoms with Crippen molar-refractivity contribution in [3.05, 3.63) is 89.9 Å². The molecule has 474 valence electrons. The molecule has 21 nitrogen and oxygen atoms in total. The van der Waals surface area contributed by atoms with Gasteiger partial charge in [-0.15, -0.1) is 0 Å². The monoisotopic (exact) mass is 1220 g/mol. The van der Waals surface area contributed by atoms with Gasteiger partial charge in [0.25, 0.3) is 11.8 Å². The molecule has 1 unspecified atom stereocenters. The molecule has 4 rings (SSSR count). The molecule has 1 aliphatic heterocycles. The fourth-order valence-electron chi connectivity index (χ4n) is 8.59. The lowest BCUT2D eigenvalue weighted by molar-refractivity contribution is -0.155. The Labute approximate surface area is 501 Å². The quantitative estimate of drug-likeness (QED) is 0.0368. The highest BCUT2D eigenvalue weighted by molar-refractivity contribution is 7.85. The summed E-state index contributed by atoms with van der Waals surface area (Å²) in [6.45, 7) is 17.7. The topological polar surface area (TPSA) is 239 Å². The molecule has 3 aromatic rings. The molecule has 2 heterocycles. The van der Waals surface area contributed by atoms with Crippen LogP contribution in [0.3, 0.4) is 0 Å². The Bertz CT molecular complexity index is 2540. The first-order valence-electron chi connectivity index (χ1n) is 29.1. The van der Waals surface area contributed by atoms with Crippen LogP contribution in [-0.2, 0) is 88.7 Å². The number of rotatable bonds is 46. The molecule has 0 spiro atoms. The molecule has 0 fully saturated rings. The highest BCUT2D eigenvalue weighted by atomic mass is 32.2. The van der Waals surface area contributed by atoms with Crippen molar-refractivity contribution >= 4 is 46.2 Å². The molecule has 24 heteroatoms.